The van der Waals surface area contributed by atoms with Gasteiger partial charge in [-0.25, -0.2) is 9.59 Å². The standard InChI is InChI=1S/C24H38N2O4/c1-6-9-18-29-21(27)25-23(4,5)16-17-26-20-13-11-10-12-19(20)24(14-7-2,15-8-3)30-22(26)28/h10-13H,6-9,14-18H2,1-5H3,(H,25,27). The number of para-hydroxylation sites is 1. The van der Waals surface area contributed by atoms with E-state index in [0.29, 0.717) is 19.6 Å². The van der Waals surface area contributed by atoms with Gasteiger partial charge in [0.05, 0.1) is 12.3 Å². The molecular weight excluding hydrogens is 380 g/mol. The molecule has 2 amide bonds. The zero-order chi connectivity index (χ0) is 22.2. The number of ether oxygens (including phenoxy) is 2. The molecule has 1 aliphatic heterocycles. The van der Waals surface area contributed by atoms with Crippen molar-refractivity contribution in [1.82, 2.24) is 5.32 Å². The van der Waals surface area contributed by atoms with Gasteiger partial charge < -0.3 is 14.8 Å². The van der Waals surface area contributed by atoms with Crippen LogP contribution in [0.25, 0.3) is 0 Å². The second kappa shape index (κ2) is 10.7. The third kappa shape index (κ3) is 5.89. The van der Waals surface area contributed by atoms with Gasteiger partial charge in [0.2, 0.25) is 0 Å². The van der Waals surface area contributed by atoms with E-state index in [1.54, 1.807) is 4.90 Å². The van der Waals surface area contributed by atoms with Crippen molar-refractivity contribution in [2.45, 2.75) is 90.7 Å². The summed E-state index contributed by atoms with van der Waals surface area (Å²) in [6.07, 6.45) is 5.19. The van der Waals surface area contributed by atoms with E-state index in [0.717, 1.165) is 49.8 Å². The van der Waals surface area contributed by atoms with Gasteiger partial charge in [-0.3, -0.25) is 4.90 Å². The molecule has 1 N–H and O–H groups in total. The highest BCUT2D eigenvalue weighted by atomic mass is 16.6. The fraction of sp³-hybridized carbons (Fsp3) is 0.667. The molecule has 1 aromatic carbocycles. The lowest BCUT2D eigenvalue weighted by molar-refractivity contribution is -0.00973. The molecule has 6 heteroatoms. The lowest BCUT2D eigenvalue weighted by Gasteiger charge is -2.43. The molecular formula is C24H38N2O4. The number of nitrogens with zero attached hydrogens (tertiary/aromatic N) is 1. The lowest BCUT2D eigenvalue weighted by Crippen LogP contribution is -2.50. The van der Waals surface area contributed by atoms with Crippen molar-refractivity contribution in [3.8, 4) is 0 Å². The van der Waals surface area contributed by atoms with Crippen molar-refractivity contribution < 1.29 is 19.1 Å². The monoisotopic (exact) mass is 418 g/mol. The van der Waals surface area contributed by atoms with E-state index in [4.69, 9.17) is 9.47 Å². The Hall–Kier alpha value is -2.24. The minimum atomic E-state index is -0.551. The lowest BCUT2D eigenvalue weighted by atomic mass is 9.82. The predicted octanol–water partition coefficient (Wildman–Crippen LogP) is 6.13. The molecule has 0 spiro atoms. The number of unbranched alkanes of at least 4 members (excludes halogenated alkanes) is 1. The number of amides is 2. The summed E-state index contributed by atoms with van der Waals surface area (Å²) >= 11 is 0. The summed E-state index contributed by atoms with van der Waals surface area (Å²) in [5.41, 5.74) is 0.930. The van der Waals surface area contributed by atoms with Gasteiger partial charge in [0.15, 0.2) is 0 Å². The van der Waals surface area contributed by atoms with Gasteiger partial charge in [0, 0.05) is 17.6 Å². The number of hydrogen-bond donors (Lipinski definition) is 1. The van der Waals surface area contributed by atoms with Crippen LogP contribution in [0.2, 0.25) is 0 Å². The quantitative estimate of drug-likeness (QED) is 0.439. The molecule has 0 fully saturated rings. The van der Waals surface area contributed by atoms with Crippen LogP contribution in [0, 0.1) is 0 Å². The molecule has 30 heavy (non-hydrogen) atoms. The van der Waals surface area contributed by atoms with E-state index in [9.17, 15) is 9.59 Å². The Balaban J connectivity index is 2.14. The normalized spacial score (nSPS) is 15.4. The van der Waals surface area contributed by atoms with Crippen LogP contribution in [-0.4, -0.2) is 30.9 Å². The Morgan fingerprint density at radius 2 is 1.80 bits per heavy atom. The van der Waals surface area contributed by atoms with Crippen LogP contribution in [0.3, 0.4) is 0 Å². The maximum absolute atomic E-state index is 13.0. The maximum atomic E-state index is 13.0. The van der Waals surface area contributed by atoms with Crippen LogP contribution in [0.5, 0.6) is 0 Å². The Morgan fingerprint density at radius 1 is 1.13 bits per heavy atom. The van der Waals surface area contributed by atoms with E-state index in [2.05, 4.69) is 32.2 Å². The zero-order valence-corrected chi connectivity index (χ0v) is 19.3. The Labute approximate surface area is 181 Å². The smallest absolute Gasteiger partial charge is 0.415 e. The molecule has 0 radical (unpaired) electrons. The summed E-state index contributed by atoms with van der Waals surface area (Å²) in [6.45, 7) is 11.0. The van der Waals surface area contributed by atoms with Crippen LogP contribution < -0.4 is 10.2 Å². The molecule has 0 bridgehead atoms. The Bertz CT molecular complexity index is 711. The number of rotatable bonds is 11. The average Bonchev–Trinajstić information content (AvgIpc) is 2.68. The molecule has 0 unspecified atom stereocenters. The van der Waals surface area contributed by atoms with E-state index >= 15 is 0 Å². The second-order valence-corrected chi connectivity index (χ2v) is 8.78. The van der Waals surface area contributed by atoms with Crippen LogP contribution in [0.15, 0.2) is 24.3 Å². The van der Waals surface area contributed by atoms with Gasteiger partial charge in [0.25, 0.3) is 0 Å². The summed E-state index contributed by atoms with van der Waals surface area (Å²) in [5, 5.41) is 2.91. The number of alkyl carbamates (subject to hydrolysis) is 1. The minimum Gasteiger partial charge on any atom is -0.450 e. The fourth-order valence-corrected chi connectivity index (χ4v) is 4.06. The van der Waals surface area contributed by atoms with Crippen molar-refractivity contribution in [1.29, 1.82) is 0 Å². The number of fused-ring (bicyclic) bond motifs is 1. The van der Waals surface area contributed by atoms with Crippen LogP contribution >= 0.6 is 0 Å². The predicted molar refractivity (Wildman–Crippen MR) is 120 cm³/mol. The molecule has 168 valence electrons. The molecule has 1 aliphatic rings. The largest absolute Gasteiger partial charge is 0.450 e. The van der Waals surface area contributed by atoms with Crippen LogP contribution in [-0.2, 0) is 15.1 Å². The number of carbonyl (C=O) groups excluding carboxylic acids is 2. The number of cyclic esters (lactones) is 1. The second-order valence-electron chi connectivity index (χ2n) is 8.78. The topological polar surface area (TPSA) is 67.9 Å². The summed E-state index contributed by atoms with van der Waals surface area (Å²) in [6, 6.07) is 8.04. The van der Waals surface area contributed by atoms with Crippen LogP contribution in [0.1, 0.15) is 85.1 Å². The van der Waals surface area contributed by atoms with Crippen molar-refractivity contribution in [2.24, 2.45) is 0 Å². The molecule has 6 nitrogen and oxygen atoms in total. The first-order valence-corrected chi connectivity index (χ1v) is 11.3. The molecule has 1 aromatic rings. The van der Waals surface area contributed by atoms with Gasteiger partial charge in [-0.05, 0) is 45.6 Å². The molecule has 0 saturated heterocycles. The van der Waals surface area contributed by atoms with Crippen molar-refractivity contribution in [3.05, 3.63) is 29.8 Å². The number of hydrogen-bond acceptors (Lipinski definition) is 4. The number of benzene rings is 1. The number of anilines is 1. The first kappa shape index (κ1) is 24.0. The molecule has 0 aliphatic carbocycles. The van der Waals surface area contributed by atoms with Crippen molar-refractivity contribution >= 4 is 17.9 Å². The first-order chi connectivity index (χ1) is 14.3. The van der Waals surface area contributed by atoms with Crippen molar-refractivity contribution in [3.63, 3.8) is 0 Å². The van der Waals surface area contributed by atoms with Gasteiger partial charge in [-0.15, -0.1) is 0 Å². The van der Waals surface area contributed by atoms with Gasteiger partial charge in [-0.2, -0.15) is 0 Å². The van der Waals surface area contributed by atoms with E-state index in [1.807, 2.05) is 32.0 Å². The van der Waals surface area contributed by atoms with Gasteiger partial charge in [-0.1, -0.05) is 58.2 Å². The molecule has 1 heterocycles. The van der Waals surface area contributed by atoms with Gasteiger partial charge >= 0.3 is 12.2 Å². The number of carbonyl (C=O) groups is 2. The molecule has 0 atom stereocenters. The number of nitrogens with one attached hydrogen (secondary N) is 1. The van der Waals surface area contributed by atoms with Crippen LogP contribution in [0.4, 0.5) is 15.3 Å². The van der Waals surface area contributed by atoms with E-state index in [1.165, 1.54) is 0 Å². The van der Waals surface area contributed by atoms with Gasteiger partial charge in [0.1, 0.15) is 5.60 Å². The SMILES string of the molecule is CCCCOC(=O)NC(C)(C)CCN1C(=O)OC(CCC)(CCC)c2ccccc21. The Kier molecular flexibility index (Phi) is 8.56. The first-order valence-electron chi connectivity index (χ1n) is 11.3. The third-order valence-electron chi connectivity index (χ3n) is 5.63. The summed E-state index contributed by atoms with van der Waals surface area (Å²) in [4.78, 5) is 26.8. The maximum Gasteiger partial charge on any atom is 0.415 e. The zero-order valence-electron chi connectivity index (χ0n) is 19.3. The third-order valence-corrected chi connectivity index (χ3v) is 5.63. The highest BCUT2D eigenvalue weighted by Crippen LogP contribution is 2.45. The fourth-order valence-electron chi connectivity index (χ4n) is 4.06. The molecule has 0 aromatic heterocycles. The van der Waals surface area contributed by atoms with E-state index < -0.39 is 17.2 Å². The van der Waals surface area contributed by atoms with Crippen molar-refractivity contribution in [2.75, 3.05) is 18.1 Å². The highest BCUT2D eigenvalue weighted by Gasteiger charge is 2.43. The minimum absolute atomic E-state index is 0.308. The molecule has 2 rings (SSSR count). The summed E-state index contributed by atoms with van der Waals surface area (Å²) < 4.78 is 11.3. The highest BCUT2D eigenvalue weighted by molar-refractivity contribution is 5.91. The van der Waals surface area contributed by atoms with E-state index in [-0.39, 0.29) is 6.09 Å². The summed E-state index contributed by atoms with van der Waals surface area (Å²) in [5.74, 6) is 0. The summed E-state index contributed by atoms with van der Waals surface area (Å²) in [7, 11) is 0. The average molecular weight is 419 g/mol. The Morgan fingerprint density at radius 3 is 2.43 bits per heavy atom. The molecule has 0 saturated carbocycles.